The summed E-state index contributed by atoms with van der Waals surface area (Å²) in [5.74, 6) is 0.188. The Kier molecular flexibility index (Phi) is 4.93. The minimum absolute atomic E-state index is 0.0672. The largest absolute Gasteiger partial charge is 0.344 e. The molecule has 0 saturated carbocycles. The van der Waals surface area contributed by atoms with Crippen LogP contribution in [0, 0.1) is 5.92 Å². The molecule has 2 aromatic rings. The van der Waals surface area contributed by atoms with Crippen LogP contribution in [0.15, 0.2) is 53.3 Å². The third kappa shape index (κ3) is 4.31. The summed E-state index contributed by atoms with van der Waals surface area (Å²) in [5.41, 5.74) is 1.08. The van der Waals surface area contributed by atoms with Crippen molar-refractivity contribution in [1.29, 1.82) is 0 Å². The summed E-state index contributed by atoms with van der Waals surface area (Å²) in [5, 5.41) is 3.00. The number of hydrogen-bond donors (Lipinski definition) is 2. The second kappa shape index (κ2) is 6.88. The molecule has 0 fully saturated rings. The van der Waals surface area contributed by atoms with Gasteiger partial charge in [-0.2, -0.15) is 0 Å². The molecule has 0 spiro atoms. The highest BCUT2D eigenvalue weighted by molar-refractivity contribution is 5.92. The highest BCUT2D eigenvalue weighted by Crippen LogP contribution is 2.21. The van der Waals surface area contributed by atoms with Crippen molar-refractivity contribution in [2.45, 2.75) is 26.3 Å². The summed E-state index contributed by atoms with van der Waals surface area (Å²) in [7, 11) is 0. The van der Waals surface area contributed by atoms with E-state index < -0.39 is 0 Å². The Labute approximate surface area is 124 Å². The van der Waals surface area contributed by atoms with Crippen LogP contribution in [0.5, 0.6) is 0 Å². The molecule has 4 nitrogen and oxygen atoms in total. The first-order chi connectivity index (χ1) is 10.1. The van der Waals surface area contributed by atoms with Crippen LogP contribution in [-0.4, -0.2) is 10.9 Å². The molecule has 0 aliphatic carbocycles. The van der Waals surface area contributed by atoms with Crippen molar-refractivity contribution in [2.24, 2.45) is 5.92 Å². The van der Waals surface area contributed by atoms with Crippen molar-refractivity contribution in [3.63, 3.8) is 0 Å². The fraction of sp³-hybridized carbons (Fsp3) is 0.294. The zero-order valence-corrected chi connectivity index (χ0v) is 12.3. The maximum Gasteiger partial charge on any atom is 0.268 e. The van der Waals surface area contributed by atoms with Crippen molar-refractivity contribution < 1.29 is 4.79 Å². The van der Waals surface area contributed by atoms with E-state index in [2.05, 4.69) is 24.1 Å². The second-order valence-electron chi connectivity index (χ2n) is 5.49. The first-order valence-electron chi connectivity index (χ1n) is 7.11. The molecule has 0 saturated heterocycles. The normalized spacial score (nSPS) is 12.1. The standard InChI is InChI=1S/C17H20N2O2/c1-12(2)11-15(13-7-4-3-5-8-13)19-17(21)14-9-6-10-16(20)18-14/h3-10,12,15H,11H2,1-2H3,(H,18,20)(H,19,21). The first kappa shape index (κ1) is 15.0. The van der Waals surface area contributed by atoms with Crippen molar-refractivity contribution in [2.75, 3.05) is 0 Å². The Hall–Kier alpha value is -2.36. The molecule has 4 heteroatoms. The van der Waals surface area contributed by atoms with Crippen molar-refractivity contribution in [1.82, 2.24) is 10.3 Å². The van der Waals surface area contributed by atoms with Crippen LogP contribution in [0.3, 0.4) is 0 Å². The Morgan fingerprint density at radius 1 is 1.10 bits per heavy atom. The van der Waals surface area contributed by atoms with Crippen LogP contribution < -0.4 is 10.9 Å². The number of nitrogens with one attached hydrogen (secondary N) is 2. The molecule has 0 aliphatic rings. The van der Waals surface area contributed by atoms with Gasteiger partial charge in [0.1, 0.15) is 5.69 Å². The van der Waals surface area contributed by atoms with Gasteiger partial charge in [-0.25, -0.2) is 0 Å². The number of H-pyrrole nitrogens is 1. The number of rotatable bonds is 5. The molecule has 0 radical (unpaired) electrons. The van der Waals surface area contributed by atoms with Gasteiger partial charge >= 0.3 is 0 Å². The number of benzene rings is 1. The first-order valence-corrected chi connectivity index (χ1v) is 7.11. The SMILES string of the molecule is CC(C)CC(NC(=O)c1cccc(=O)[nH]1)c1ccccc1. The fourth-order valence-electron chi connectivity index (χ4n) is 2.25. The third-order valence-electron chi connectivity index (χ3n) is 3.23. The summed E-state index contributed by atoms with van der Waals surface area (Å²) in [6.45, 7) is 4.24. The van der Waals surface area contributed by atoms with Crippen molar-refractivity contribution >= 4 is 5.91 Å². The van der Waals surface area contributed by atoms with Gasteiger partial charge in [-0.05, 0) is 24.0 Å². The number of pyridine rings is 1. The minimum Gasteiger partial charge on any atom is -0.344 e. The summed E-state index contributed by atoms with van der Waals surface area (Å²) in [6, 6.07) is 14.4. The van der Waals surface area contributed by atoms with Crippen LogP contribution in [0.2, 0.25) is 0 Å². The van der Waals surface area contributed by atoms with E-state index in [1.54, 1.807) is 12.1 Å². The molecule has 1 aromatic heterocycles. The molecule has 1 aromatic carbocycles. The molecule has 0 aliphatic heterocycles. The number of hydrogen-bond acceptors (Lipinski definition) is 2. The van der Waals surface area contributed by atoms with Gasteiger partial charge in [-0.15, -0.1) is 0 Å². The van der Waals surface area contributed by atoms with Crippen LogP contribution in [-0.2, 0) is 0 Å². The zero-order chi connectivity index (χ0) is 15.2. The number of aromatic amines is 1. The Morgan fingerprint density at radius 3 is 2.43 bits per heavy atom. The lowest BCUT2D eigenvalue weighted by Crippen LogP contribution is -2.31. The predicted octanol–water partition coefficient (Wildman–Crippen LogP) is 2.89. The van der Waals surface area contributed by atoms with Gasteiger partial charge in [0.25, 0.3) is 5.91 Å². The maximum absolute atomic E-state index is 12.3. The van der Waals surface area contributed by atoms with Crippen LogP contribution in [0.4, 0.5) is 0 Å². The molecule has 2 rings (SSSR count). The Bertz CT molecular complexity index is 647. The van der Waals surface area contributed by atoms with Gasteiger partial charge in [0.05, 0.1) is 6.04 Å². The van der Waals surface area contributed by atoms with E-state index in [1.165, 1.54) is 6.07 Å². The van der Waals surface area contributed by atoms with Crippen LogP contribution in [0.1, 0.15) is 42.4 Å². The molecule has 1 unspecified atom stereocenters. The number of amides is 1. The quantitative estimate of drug-likeness (QED) is 0.886. The van der Waals surface area contributed by atoms with Gasteiger partial charge in [-0.3, -0.25) is 9.59 Å². The third-order valence-corrected chi connectivity index (χ3v) is 3.23. The average Bonchev–Trinajstić information content (AvgIpc) is 2.47. The van der Waals surface area contributed by atoms with E-state index in [1.807, 2.05) is 30.3 Å². The average molecular weight is 284 g/mol. The second-order valence-corrected chi connectivity index (χ2v) is 5.49. The van der Waals surface area contributed by atoms with Gasteiger partial charge in [0.2, 0.25) is 5.56 Å². The van der Waals surface area contributed by atoms with E-state index in [0.717, 1.165) is 12.0 Å². The number of carbonyl (C=O) groups is 1. The van der Waals surface area contributed by atoms with Gasteiger partial charge in [0.15, 0.2) is 0 Å². The molecular formula is C17H20N2O2. The minimum atomic E-state index is -0.275. The van der Waals surface area contributed by atoms with E-state index in [0.29, 0.717) is 5.92 Å². The summed E-state index contributed by atoms with van der Waals surface area (Å²) in [6.07, 6.45) is 0.840. The maximum atomic E-state index is 12.3. The number of aromatic nitrogens is 1. The lowest BCUT2D eigenvalue weighted by atomic mass is 9.97. The lowest BCUT2D eigenvalue weighted by Gasteiger charge is -2.21. The van der Waals surface area contributed by atoms with E-state index in [4.69, 9.17) is 0 Å². The van der Waals surface area contributed by atoms with Gasteiger partial charge in [0, 0.05) is 6.07 Å². The molecule has 110 valence electrons. The molecule has 1 atom stereocenters. The Balaban J connectivity index is 2.19. The summed E-state index contributed by atoms with van der Waals surface area (Å²) in [4.78, 5) is 26.1. The van der Waals surface area contributed by atoms with Gasteiger partial charge < -0.3 is 10.3 Å². The lowest BCUT2D eigenvalue weighted by molar-refractivity contribution is 0.0926. The summed E-state index contributed by atoms with van der Waals surface area (Å²) >= 11 is 0. The Morgan fingerprint density at radius 2 is 1.81 bits per heavy atom. The molecular weight excluding hydrogens is 264 g/mol. The smallest absolute Gasteiger partial charge is 0.268 e. The van der Waals surface area contributed by atoms with Gasteiger partial charge in [-0.1, -0.05) is 50.2 Å². The van der Waals surface area contributed by atoms with E-state index in [9.17, 15) is 9.59 Å². The molecule has 1 heterocycles. The monoisotopic (exact) mass is 284 g/mol. The number of carbonyl (C=O) groups excluding carboxylic acids is 1. The van der Waals surface area contributed by atoms with Crippen molar-refractivity contribution in [3.8, 4) is 0 Å². The van der Waals surface area contributed by atoms with Crippen molar-refractivity contribution in [3.05, 3.63) is 70.1 Å². The van der Waals surface area contributed by atoms with E-state index >= 15 is 0 Å². The predicted molar refractivity (Wildman–Crippen MR) is 83.2 cm³/mol. The van der Waals surface area contributed by atoms with Crippen LogP contribution in [0.25, 0.3) is 0 Å². The molecule has 21 heavy (non-hydrogen) atoms. The fourth-order valence-corrected chi connectivity index (χ4v) is 2.25. The highest BCUT2D eigenvalue weighted by Gasteiger charge is 2.17. The summed E-state index contributed by atoms with van der Waals surface area (Å²) < 4.78 is 0. The molecule has 0 bridgehead atoms. The van der Waals surface area contributed by atoms with E-state index in [-0.39, 0.29) is 23.2 Å². The topological polar surface area (TPSA) is 62.0 Å². The molecule has 2 N–H and O–H groups in total. The highest BCUT2D eigenvalue weighted by atomic mass is 16.2. The van der Waals surface area contributed by atoms with Crippen LogP contribution >= 0.6 is 0 Å². The zero-order valence-electron chi connectivity index (χ0n) is 12.3. The molecule has 1 amide bonds.